The van der Waals surface area contributed by atoms with Gasteiger partial charge in [0.2, 0.25) is 0 Å². The first-order chi connectivity index (χ1) is 13.7. The second kappa shape index (κ2) is 7.67. The molecule has 0 amide bonds. The Hall–Kier alpha value is -3.42. The predicted molar refractivity (Wildman–Crippen MR) is 116 cm³/mol. The number of aryl methyl sites for hydroxylation is 1. The van der Waals surface area contributed by atoms with Gasteiger partial charge in [-0.3, -0.25) is 0 Å². The lowest BCUT2D eigenvalue weighted by molar-refractivity contribution is 0.964. The zero-order valence-corrected chi connectivity index (χ0v) is 16.6. The van der Waals surface area contributed by atoms with Crippen LogP contribution in [0.25, 0.3) is 28.6 Å². The number of para-hydroxylation sites is 1. The molecule has 0 atom stereocenters. The third kappa shape index (κ3) is 3.40. The van der Waals surface area contributed by atoms with E-state index in [-0.39, 0.29) is 0 Å². The Bertz CT molecular complexity index is 1180. The summed E-state index contributed by atoms with van der Waals surface area (Å²) >= 11 is 1.50. The van der Waals surface area contributed by atoms with Crippen LogP contribution in [0.1, 0.15) is 22.0 Å². The maximum Gasteiger partial charge on any atom is 0.134 e. The summed E-state index contributed by atoms with van der Waals surface area (Å²) in [6.07, 6.45) is 1.94. The van der Waals surface area contributed by atoms with Gasteiger partial charge < -0.3 is 4.57 Å². The van der Waals surface area contributed by atoms with E-state index in [1.807, 2.05) is 60.0 Å². The minimum absolute atomic E-state index is 0.584. The molecule has 4 rings (SSSR count). The third-order valence-corrected chi connectivity index (χ3v) is 5.58. The van der Waals surface area contributed by atoms with Gasteiger partial charge in [-0.25, -0.2) is 4.98 Å². The average Bonchev–Trinajstić information content (AvgIpc) is 3.32. The molecule has 0 aliphatic rings. The van der Waals surface area contributed by atoms with Gasteiger partial charge in [0.15, 0.2) is 0 Å². The molecule has 0 aliphatic carbocycles. The molecule has 2 heterocycles. The van der Waals surface area contributed by atoms with Crippen molar-refractivity contribution in [3.05, 3.63) is 94.1 Å². The van der Waals surface area contributed by atoms with E-state index in [9.17, 15) is 5.26 Å². The molecule has 0 aliphatic heterocycles. The van der Waals surface area contributed by atoms with Gasteiger partial charge in [-0.15, -0.1) is 11.3 Å². The summed E-state index contributed by atoms with van der Waals surface area (Å²) in [6.45, 7) is 4.17. The van der Waals surface area contributed by atoms with E-state index in [1.165, 1.54) is 11.3 Å². The highest BCUT2D eigenvalue weighted by atomic mass is 32.1. The van der Waals surface area contributed by atoms with Crippen LogP contribution in [0, 0.1) is 25.2 Å². The maximum absolute atomic E-state index is 9.75. The van der Waals surface area contributed by atoms with E-state index in [0.717, 1.165) is 38.9 Å². The summed E-state index contributed by atoms with van der Waals surface area (Å²) in [5, 5.41) is 12.5. The van der Waals surface area contributed by atoms with Gasteiger partial charge in [0.05, 0.1) is 11.3 Å². The Morgan fingerprint density at radius 3 is 2.39 bits per heavy atom. The maximum atomic E-state index is 9.75. The standard InChI is InChI=1S/C24H19N3S/c1-17-13-20(18(2)27(17)22-11-7-4-8-12-22)14-21(15-25)24-26-23(16-28-24)19-9-5-3-6-10-19/h3-14,16H,1-2H3/b21-14+. The number of aromatic nitrogens is 2. The Labute approximate surface area is 168 Å². The average molecular weight is 382 g/mol. The Morgan fingerprint density at radius 2 is 1.71 bits per heavy atom. The fourth-order valence-corrected chi connectivity index (χ4v) is 4.14. The van der Waals surface area contributed by atoms with E-state index in [1.54, 1.807) is 0 Å². The molecular weight excluding hydrogens is 362 g/mol. The summed E-state index contributed by atoms with van der Waals surface area (Å²) < 4.78 is 2.21. The highest BCUT2D eigenvalue weighted by Crippen LogP contribution is 2.29. The van der Waals surface area contributed by atoms with E-state index >= 15 is 0 Å². The smallest absolute Gasteiger partial charge is 0.134 e. The van der Waals surface area contributed by atoms with Crippen molar-refractivity contribution < 1.29 is 0 Å². The van der Waals surface area contributed by atoms with Crippen molar-refractivity contribution in [2.75, 3.05) is 0 Å². The van der Waals surface area contributed by atoms with Crippen LogP contribution in [-0.2, 0) is 0 Å². The fraction of sp³-hybridized carbons (Fsp3) is 0.0833. The molecule has 2 aromatic carbocycles. The molecule has 136 valence electrons. The summed E-state index contributed by atoms with van der Waals surface area (Å²) in [4.78, 5) is 4.69. The Kier molecular flexibility index (Phi) is 4.92. The zero-order valence-electron chi connectivity index (χ0n) is 15.8. The lowest BCUT2D eigenvalue weighted by atomic mass is 10.1. The van der Waals surface area contributed by atoms with Crippen LogP contribution < -0.4 is 0 Å². The van der Waals surface area contributed by atoms with Crippen LogP contribution in [0.3, 0.4) is 0 Å². The van der Waals surface area contributed by atoms with Gasteiger partial charge in [0, 0.05) is 28.0 Å². The molecule has 0 unspecified atom stereocenters. The summed E-state index contributed by atoms with van der Waals surface area (Å²) in [5.74, 6) is 0. The first kappa shape index (κ1) is 18.0. The molecule has 0 saturated carbocycles. The van der Waals surface area contributed by atoms with Crippen molar-refractivity contribution >= 4 is 23.0 Å². The van der Waals surface area contributed by atoms with Crippen molar-refractivity contribution in [3.8, 4) is 23.0 Å². The van der Waals surface area contributed by atoms with Gasteiger partial charge in [-0.05, 0) is 43.7 Å². The molecule has 0 N–H and O–H groups in total. The number of nitriles is 1. The lowest BCUT2D eigenvalue weighted by Crippen LogP contribution is -1.98. The molecule has 0 bridgehead atoms. The monoisotopic (exact) mass is 381 g/mol. The number of rotatable bonds is 4. The topological polar surface area (TPSA) is 41.6 Å². The van der Waals surface area contributed by atoms with Crippen molar-refractivity contribution in [3.63, 3.8) is 0 Å². The van der Waals surface area contributed by atoms with Crippen LogP contribution in [0.15, 0.2) is 72.1 Å². The molecule has 2 aromatic heterocycles. The lowest BCUT2D eigenvalue weighted by Gasteiger charge is -2.09. The van der Waals surface area contributed by atoms with Crippen LogP contribution in [0.5, 0.6) is 0 Å². The van der Waals surface area contributed by atoms with Crippen LogP contribution in [0.4, 0.5) is 0 Å². The number of hydrogen-bond acceptors (Lipinski definition) is 3. The van der Waals surface area contributed by atoms with Gasteiger partial charge in [0.25, 0.3) is 0 Å². The number of thiazole rings is 1. The highest BCUT2D eigenvalue weighted by Gasteiger charge is 2.13. The minimum atomic E-state index is 0.584. The number of nitrogens with zero attached hydrogens (tertiary/aromatic N) is 3. The predicted octanol–water partition coefficient (Wildman–Crippen LogP) is 6.28. The van der Waals surface area contributed by atoms with Crippen molar-refractivity contribution in [2.24, 2.45) is 0 Å². The van der Waals surface area contributed by atoms with Crippen LogP contribution >= 0.6 is 11.3 Å². The van der Waals surface area contributed by atoms with E-state index in [4.69, 9.17) is 0 Å². The molecule has 3 nitrogen and oxygen atoms in total. The summed E-state index contributed by atoms with van der Waals surface area (Å²) in [7, 11) is 0. The number of allylic oxidation sites excluding steroid dienone is 1. The number of hydrogen-bond donors (Lipinski definition) is 0. The molecule has 0 spiro atoms. The van der Waals surface area contributed by atoms with Gasteiger partial charge in [-0.2, -0.15) is 5.26 Å². The van der Waals surface area contributed by atoms with Crippen LogP contribution in [-0.4, -0.2) is 9.55 Å². The zero-order chi connectivity index (χ0) is 19.5. The Morgan fingerprint density at radius 1 is 1.04 bits per heavy atom. The highest BCUT2D eigenvalue weighted by molar-refractivity contribution is 7.11. The first-order valence-corrected chi connectivity index (χ1v) is 9.93. The SMILES string of the molecule is Cc1cc(/C=C(\C#N)c2nc(-c3ccccc3)cs2)c(C)n1-c1ccccc1. The van der Waals surface area contributed by atoms with Crippen molar-refractivity contribution in [1.29, 1.82) is 5.26 Å². The summed E-state index contributed by atoms with van der Waals surface area (Å²) in [5.41, 5.74) is 6.94. The molecule has 28 heavy (non-hydrogen) atoms. The molecular formula is C24H19N3S. The summed E-state index contributed by atoms with van der Waals surface area (Å²) in [6, 6.07) is 24.7. The normalized spacial score (nSPS) is 11.4. The molecule has 4 aromatic rings. The molecule has 0 fully saturated rings. The molecule has 4 heteroatoms. The molecule has 0 radical (unpaired) electrons. The van der Waals surface area contributed by atoms with Gasteiger partial charge >= 0.3 is 0 Å². The van der Waals surface area contributed by atoms with E-state index in [0.29, 0.717) is 5.57 Å². The quantitative estimate of drug-likeness (QED) is 0.390. The fourth-order valence-electron chi connectivity index (χ4n) is 3.34. The van der Waals surface area contributed by atoms with E-state index in [2.05, 4.69) is 47.7 Å². The van der Waals surface area contributed by atoms with Crippen LogP contribution in [0.2, 0.25) is 0 Å². The van der Waals surface area contributed by atoms with Crippen molar-refractivity contribution in [2.45, 2.75) is 13.8 Å². The van der Waals surface area contributed by atoms with Gasteiger partial charge in [-0.1, -0.05) is 48.5 Å². The number of benzene rings is 2. The largest absolute Gasteiger partial charge is 0.318 e. The van der Waals surface area contributed by atoms with E-state index < -0.39 is 0 Å². The first-order valence-electron chi connectivity index (χ1n) is 9.05. The Balaban J connectivity index is 1.72. The van der Waals surface area contributed by atoms with Crippen molar-refractivity contribution in [1.82, 2.24) is 9.55 Å². The van der Waals surface area contributed by atoms with Gasteiger partial charge in [0.1, 0.15) is 11.1 Å². The second-order valence-corrected chi connectivity index (χ2v) is 7.43. The third-order valence-electron chi connectivity index (χ3n) is 4.71. The second-order valence-electron chi connectivity index (χ2n) is 6.57. The molecule has 0 saturated heterocycles. The minimum Gasteiger partial charge on any atom is -0.318 e.